The Morgan fingerprint density at radius 2 is 1.71 bits per heavy atom. The highest BCUT2D eigenvalue weighted by molar-refractivity contribution is 7.90. The maximum absolute atomic E-state index is 13.3. The van der Waals surface area contributed by atoms with E-state index >= 15 is 0 Å². The summed E-state index contributed by atoms with van der Waals surface area (Å²) < 4.78 is 26.0. The fourth-order valence-corrected chi connectivity index (χ4v) is 5.98. The molecule has 2 amide bonds. The molecule has 0 saturated carbocycles. The Balaban J connectivity index is 1.43. The molecule has 2 aliphatic rings. The molecule has 1 aromatic heterocycles. The van der Waals surface area contributed by atoms with Gasteiger partial charge in [0.2, 0.25) is 11.8 Å². The van der Waals surface area contributed by atoms with Crippen LogP contribution in [0.5, 0.6) is 0 Å². The molecule has 1 atom stereocenters. The third-order valence-electron chi connectivity index (χ3n) is 6.61. The molecule has 0 spiro atoms. The van der Waals surface area contributed by atoms with Crippen LogP contribution in [0.3, 0.4) is 0 Å². The van der Waals surface area contributed by atoms with Crippen LogP contribution < -0.4 is 10.2 Å². The second-order valence-corrected chi connectivity index (χ2v) is 11.3. The van der Waals surface area contributed by atoms with Gasteiger partial charge in [-0.3, -0.25) is 9.59 Å². The van der Waals surface area contributed by atoms with Gasteiger partial charge in [-0.25, -0.2) is 13.1 Å². The Kier molecular flexibility index (Phi) is 5.31. The molecule has 2 aromatic carbocycles. The number of benzene rings is 2. The largest absolute Gasteiger partial charge is 0.312 e. The van der Waals surface area contributed by atoms with Crippen molar-refractivity contribution in [1.82, 2.24) is 9.78 Å². The van der Waals surface area contributed by atoms with Crippen LogP contribution in [0.2, 0.25) is 0 Å². The molecule has 1 unspecified atom stereocenters. The lowest BCUT2D eigenvalue weighted by Crippen LogP contribution is -2.29. The Labute approximate surface area is 198 Å². The maximum atomic E-state index is 13.3. The average Bonchev–Trinajstić information content (AvgIpc) is 3.41. The molecular weight excluding hydrogens is 452 g/mol. The number of carbonyl (C=O) groups excluding carboxylic acids is 2. The molecule has 1 N–H and O–H groups in total. The second-order valence-electron chi connectivity index (χ2n) is 9.22. The first-order valence-corrected chi connectivity index (χ1v) is 13.0. The van der Waals surface area contributed by atoms with Gasteiger partial charge >= 0.3 is 0 Å². The molecule has 3 heterocycles. The first kappa shape index (κ1) is 22.3. The molecule has 8 nitrogen and oxygen atoms in total. The summed E-state index contributed by atoms with van der Waals surface area (Å²) >= 11 is 0. The predicted molar refractivity (Wildman–Crippen MR) is 130 cm³/mol. The molecular formula is C25H26N4O4S. The van der Waals surface area contributed by atoms with Gasteiger partial charge in [0.25, 0.3) is 0 Å². The number of fused-ring (bicyclic) bond motifs is 1. The van der Waals surface area contributed by atoms with Crippen molar-refractivity contribution in [2.75, 3.05) is 16.8 Å². The van der Waals surface area contributed by atoms with E-state index in [0.29, 0.717) is 17.1 Å². The standard InChI is InChI=1S/C25H26N4O4S/c1-15-4-7-19(8-5-15)29-24(21-13-34(32,33)14-22(21)27-29)26-25(31)18-11-23(30)28(12-18)20-9-6-16(2)17(3)10-20/h4-10,18H,11-14H2,1-3H3,(H,26,31). The predicted octanol–water partition coefficient (Wildman–Crippen LogP) is 3.22. The molecule has 176 valence electrons. The van der Waals surface area contributed by atoms with Crippen molar-refractivity contribution in [2.24, 2.45) is 5.92 Å². The lowest BCUT2D eigenvalue weighted by molar-refractivity contribution is -0.122. The van der Waals surface area contributed by atoms with E-state index in [1.807, 2.05) is 63.2 Å². The fourth-order valence-electron chi connectivity index (χ4n) is 4.49. The van der Waals surface area contributed by atoms with Crippen LogP contribution >= 0.6 is 0 Å². The zero-order valence-electron chi connectivity index (χ0n) is 19.3. The van der Waals surface area contributed by atoms with E-state index in [1.165, 1.54) is 0 Å². The third kappa shape index (κ3) is 4.00. The number of hydrogen-bond donors (Lipinski definition) is 1. The van der Waals surface area contributed by atoms with Gasteiger partial charge in [0.15, 0.2) is 9.84 Å². The SMILES string of the molecule is Cc1ccc(-n2nc3c(c2NC(=O)C2CC(=O)N(c4ccc(C)c(C)c4)C2)CS(=O)(=O)C3)cc1. The van der Waals surface area contributed by atoms with Crippen molar-refractivity contribution < 1.29 is 18.0 Å². The molecule has 1 fully saturated rings. The van der Waals surface area contributed by atoms with Crippen LogP contribution in [0.25, 0.3) is 5.69 Å². The van der Waals surface area contributed by atoms with Gasteiger partial charge < -0.3 is 10.2 Å². The summed E-state index contributed by atoms with van der Waals surface area (Å²) in [6, 6.07) is 13.4. The van der Waals surface area contributed by atoms with Gasteiger partial charge in [0, 0.05) is 24.2 Å². The van der Waals surface area contributed by atoms with Crippen LogP contribution in [0.1, 0.15) is 34.4 Å². The molecule has 34 heavy (non-hydrogen) atoms. The van der Waals surface area contributed by atoms with Gasteiger partial charge in [0.05, 0.1) is 28.8 Å². The zero-order chi connectivity index (χ0) is 24.2. The van der Waals surface area contributed by atoms with Crippen LogP contribution in [-0.4, -0.2) is 36.6 Å². The fraction of sp³-hybridized carbons (Fsp3) is 0.320. The number of rotatable bonds is 4. The molecule has 5 rings (SSSR count). The highest BCUT2D eigenvalue weighted by Gasteiger charge is 2.38. The Bertz CT molecular complexity index is 1420. The maximum Gasteiger partial charge on any atom is 0.230 e. The number of hydrogen-bond acceptors (Lipinski definition) is 5. The van der Waals surface area contributed by atoms with E-state index in [-0.39, 0.29) is 36.3 Å². The Morgan fingerprint density at radius 3 is 2.41 bits per heavy atom. The van der Waals surface area contributed by atoms with Gasteiger partial charge in [-0.1, -0.05) is 23.8 Å². The number of carbonyl (C=O) groups is 2. The van der Waals surface area contributed by atoms with Gasteiger partial charge in [-0.05, 0) is 56.2 Å². The van der Waals surface area contributed by atoms with Crippen LogP contribution in [0.15, 0.2) is 42.5 Å². The summed E-state index contributed by atoms with van der Waals surface area (Å²) in [5.74, 6) is -0.927. The van der Waals surface area contributed by atoms with Gasteiger partial charge in [-0.2, -0.15) is 5.10 Å². The summed E-state index contributed by atoms with van der Waals surface area (Å²) in [5.41, 5.74) is 5.77. The highest BCUT2D eigenvalue weighted by atomic mass is 32.2. The molecule has 2 aliphatic heterocycles. The average molecular weight is 479 g/mol. The van der Waals surface area contributed by atoms with E-state index in [0.717, 1.165) is 28.1 Å². The summed E-state index contributed by atoms with van der Waals surface area (Å²) in [6.07, 6.45) is 0.0952. The van der Waals surface area contributed by atoms with E-state index in [9.17, 15) is 18.0 Å². The molecule has 0 aliphatic carbocycles. The van der Waals surface area contributed by atoms with Crippen LogP contribution in [0.4, 0.5) is 11.5 Å². The Morgan fingerprint density at radius 1 is 1.00 bits per heavy atom. The lowest BCUT2D eigenvalue weighted by Gasteiger charge is -2.18. The quantitative estimate of drug-likeness (QED) is 0.621. The highest BCUT2D eigenvalue weighted by Crippen LogP contribution is 2.34. The minimum atomic E-state index is -3.30. The third-order valence-corrected chi connectivity index (χ3v) is 8.05. The number of sulfone groups is 1. The summed E-state index contributed by atoms with van der Waals surface area (Å²) in [6.45, 7) is 6.24. The minimum absolute atomic E-state index is 0.0952. The first-order valence-electron chi connectivity index (χ1n) is 11.2. The number of anilines is 2. The van der Waals surface area contributed by atoms with Crippen molar-refractivity contribution in [3.05, 3.63) is 70.4 Å². The summed E-state index contributed by atoms with van der Waals surface area (Å²) in [4.78, 5) is 27.6. The topological polar surface area (TPSA) is 101 Å². The van der Waals surface area contributed by atoms with E-state index < -0.39 is 15.8 Å². The zero-order valence-corrected chi connectivity index (χ0v) is 20.1. The number of aryl methyl sites for hydroxylation is 3. The van der Waals surface area contributed by atoms with E-state index in [2.05, 4.69) is 10.4 Å². The van der Waals surface area contributed by atoms with Crippen molar-refractivity contribution in [3.63, 3.8) is 0 Å². The lowest BCUT2D eigenvalue weighted by atomic mass is 10.1. The molecule has 9 heteroatoms. The summed E-state index contributed by atoms with van der Waals surface area (Å²) in [7, 11) is -3.30. The number of amides is 2. The van der Waals surface area contributed by atoms with Crippen LogP contribution in [0, 0.1) is 26.7 Å². The van der Waals surface area contributed by atoms with Crippen LogP contribution in [-0.2, 0) is 30.9 Å². The molecule has 3 aromatic rings. The number of nitrogens with zero attached hydrogens (tertiary/aromatic N) is 3. The number of aromatic nitrogens is 2. The van der Waals surface area contributed by atoms with Crippen molar-refractivity contribution >= 4 is 33.2 Å². The summed E-state index contributed by atoms with van der Waals surface area (Å²) in [5, 5.41) is 7.42. The Hall–Kier alpha value is -3.46. The first-order chi connectivity index (χ1) is 16.1. The van der Waals surface area contributed by atoms with Crippen molar-refractivity contribution in [3.8, 4) is 5.69 Å². The van der Waals surface area contributed by atoms with Gasteiger partial charge in [-0.15, -0.1) is 0 Å². The monoisotopic (exact) mass is 478 g/mol. The normalized spacial score (nSPS) is 18.9. The van der Waals surface area contributed by atoms with E-state index in [1.54, 1.807) is 9.58 Å². The van der Waals surface area contributed by atoms with Gasteiger partial charge in [0.1, 0.15) is 5.82 Å². The van der Waals surface area contributed by atoms with Crippen molar-refractivity contribution in [1.29, 1.82) is 0 Å². The van der Waals surface area contributed by atoms with Crippen molar-refractivity contribution in [2.45, 2.75) is 38.7 Å². The molecule has 1 saturated heterocycles. The molecule has 0 bridgehead atoms. The molecule has 0 radical (unpaired) electrons. The smallest absolute Gasteiger partial charge is 0.230 e. The minimum Gasteiger partial charge on any atom is -0.312 e. The second kappa shape index (κ2) is 8.09. The van der Waals surface area contributed by atoms with E-state index in [4.69, 9.17) is 0 Å². The number of nitrogens with one attached hydrogen (secondary N) is 1.